The van der Waals surface area contributed by atoms with E-state index in [-0.39, 0.29) is 0 Å². The minimum Gasteiger partial charge on any atom is -0.310 e. The van der Waals surface area contributed by atoms with Crippen LogP contribution in [0.3, 0.4) is 0 Å². The molecule has 3 atom stereocenters. The van der Waals surface area contributed by atoms with Crippen LogP contribution in [0, 0.1) is 0 Å². The van der Waals surface area contributed by atoms with E-state index in [1.54, 1.807) is 0 Å². The number of fused-ring (bicyclic) bond motifs is 2. The topological polar surface area (TPSA) is 12.0 Å². The Hall–Kier alpha value is 0.440. The Balaban J connectivity index is 2.11. The lowest BCUT2D eigenvalue weighted by atomic mass is 10.0. The van der Waals surface area contributed by atoms with Crippen molar-refractivity contribution in [2.45, 2.75) is 36.2 Å². The first-order chi connectivity index (χ1) is 3.86. The van der Waals surface area contributed by atoms with Gasteiger partial charge in [0.25, 0.3) is 0 Å². The molecule has 2 bridgehead atoms. The second-order valence-electron chi connectivity index (χ2n) is 2.80. The van der Waals surface area contributed by atoms with Crippen molar-refractivity contribution in [2.24, 2.45) is 0 Å². The summed E-state index contributed by atoms with van der Waals surface area (Å²) in [6, 6.07) is 1.66. The molecule has 46 valence electrons. The zero-order chi connectivity index (χ0) is 5.56. The zero-order valence-electron chi connectivity index (χ0n) is 4.73. The molecule has 2 rings (SSSR count). The predicted octanol–water partition coefficient (Wildman–Crippen LogP) is 1.27. The Bertz CT molecular complexity index is 103. The molecule has 0 aromatic rings. The SMILES string of the molecule is Br[C@@H]1C[C@@H]2CC[C@H]1N2. The van der Waals surface area contributed by atoms with E-state index in [1.165, 1.54) is 19.3 Å². The number of rotatable bonds is 0. The highest BCUT2D eigenvalue weighted by molar-refractivity contribution is 9.09. The average molecular weight is 176 g/mol. The highest BCUT2D eigenvalue weighted by Gasteiger charge is 2.37. The van der Waals surface area contributed by atoms with Gasteiger partial charge in [-0.2, -0.15) is 0 Å². The number of hydrogen-bond donors (Lipinski definition) is 1. The third kappa shape index (κ3) is 0.627. The lowest BCUT2D eigenvalue weighted by Gasteiger charge is -2.11. The van der Waals surface area contributed by atoms with E-state index in [4.69, 9.17) is 0 Å². The molecule has 0 spiro atoms. The second kappa shape index (κ2) is 1.71. The molecule has 1 nitrogen and oxygen atoms in total. The van der Waals surface area contributed by atoms with Crippen LogP contribution in [0.25, 0.3) is 0 Å². The van der Waals surface area contributed by atoms with Gasteiger partial charge in [0.2, 0.25) is 0 Å². The average Bonchev–Trinajstić information content (AvgIpc) is 2.23. The van der Waals surface area contributed by atoms with Gasteiger partial charge in [-0.25, -0.2) is 0 Å². The third-order valence-corrected chi connectivity index (χ3v) is 3.23. The van der Waals surface area contributed by atoms with Gasteiger partial charge >= 0.3 is 0 Å². The molecule has 0 saturated carbocycles. The molecule has 2 heterocycles. The van der Waals surface area contributed by atoms with Gasteiger partial charge in [0.1, 0.15) is 0 Å². The number of nitrogens with one attached hydrogen (secondary N) is 1. The van der Waals surface area contributed by atoms with E-state index in [9.17, 15) is 0 Å². The molecule has 2 saturated heterocycles. The van der Waals surface area contributed by atoms with Crippen LogP contribution in [0.1, 0.15) is 19.3 Å². The lowest BCUT2D eigenvalue weighted by molar-refractivity contribution is 0.594. The van der Waals surface area contributed by atoms with Crippen molar-refractivity contribution in [1.82, 2.24) is 5.32 Å². The maximum Gasteiger partial charge on any atom is 0.0314 e. The molecule has 2 heteroatoms. The van der Waals surface area contributed by atoms with Crippen LogP contribution in [0.15, 0.2) is 0 Å². The van der Waals surface area contributed by atoms with E-state index in [0.717, 1.165) is 16.9 Å². The predicted molar refractivity (Wildman–Crippen MR) is 37.3 cm³/mol. The van der Waals surface area contributed by atoms with Gasteiger partial charge < -0.3 is 5.32 Å². The Morgan fingerprint density at radius 2 is 2.25 bits per heavy atom. The molecule has 2 aliphatic heterocycles. The minimum absolute atomic E-state index is 0.779. The summed E-state index contributed by atoms with van der Waals surface area (Å²) in [4.78, 5) is 0.779. The summed E-state index contributed by atoms with van der Waals surface area (Å²) in [6.07, 6.45) is 4.15. The van der Waals surface area contributed by atoms with Crippen LogP contribution in [0.4, 0.5) is 0 Å². The van der Waals surface area contributed by atoms with E-state index < -0.39 is 0 Å². The van der Waals surface area contributed by atoms with Crippen molar-refractivity contribution in [3.05, 3.63) is 0 Å². The van der Waals surface area contributed by atoms with Gasteiger partial charge in [-0.1, -0.05) is 15.9 Å². The maximum absolute atomic E-state index is 3.63. The molecule has 2 fully saturated rings. The molecule has 0 radical (unpaired) electrons. The first kappa shape index (κ1) is 5.24. The van der Waals surface area contributed by atoms with Crippen LogP contribution >= 0.6 is 15.9 Å². The molecular formula is C6H10BrN. The summed E-state index contributed by atoms with van der Waals surface area (Å²) in [7, 11) is 0. The van der Waals surface area contributed by atoms with Crippen molar-refractivity contribution in [3.63, 3.8) is 0 Å². The van der Waals surface area contributed by atoms with Gasteiger partial charge in [-0.05, 0) is 19.3 Å². The summed E-state index contributed by atoms with van der Waals surface area (Å²) >= 11 is 3.63. The Morgan fingerprint density at radius 3 is 2.50 bits per heavy atom. The van der Waals surface area contributed by atoms with Crippen LogP contribution in [0.2, 0.25) is 0 Å². The first-order valence-electron chi connectivity index (χ1n) is 3.26. The normalized spacial score (nSPS) is 52.9. The molecule has 0 aromatic heterocycles. The quantitative estimate of drug-likeness (QED) is 0.548. The van der Waals surface area contributed by atoms with Gasteiger partial charge in [0.15, 0.2) is 0 Å². The number of hydrogen-bond acceptors (Lipinski definition) is 1. The second-order valence-corrected chi connectivity index (χ2v) is 3.98. The lowest BCUT2D eigenvalue weighted by Crippen LogP contribution is -2.22. The molecule has 0 aliphatic carbocycles. The summed E-state index contributed by atoms with van der Waals surface area (Å²) in [5, 5.41) is 3.53. The number of halogens is 1. The molecule has 2 aliphatic rings. The summed E-state index contributed by atoms with van der Waals surface area (Å²) < 4.78 is 0. The largest absolute Gasteiger partial charge is 0.310 e. The Labute approximate surface area is 58.0 Å². The van der Waals surface area contributed by atoms with E-state index in [2.05, 4.69) is 21.2 Å². The van der Waals surface area contributed by atoms with Gasteiger partial charge in [0, 0.05) is 16.9 Å². The maximum atomic E-state index is 3.63. The molecular weight excluding hydrogens is 166 g/mol. The van der Waals surface area contributed by atoms with Crippen molar-refractivity contribution in [1.29, 1.82) is 0 Å². The van der Waals surface area contributed by atoms with Gasteiger partial charge in [0.05, 0.1) is 0 Å². The van der Waals surface area contributed by atoms with E-state index in [1.807, 2.05) is 0 Å². The van der Waals surface area contributed by atoms with E-state index >= 15 is 0 Å². The van der Waals surface area contributed by atoms with Crippen molar-refractivity contribution < 1.29 is 0 Å². The van der Waals surface area contributed by atoms with Gasteiger partial charge in [-0.3, -0.25) is 0 Å². The summed E-state index contributed by atoms with van der Waals surface area (Å²) in [5.74, 6) is 0. The fourth-order valence-corrected chi connectivity index (χ4v) is 2.63. The van der Waals surface area contributed by atoms with Crippen LogP contribution in [-0.2, 0) is 0 Å². The summed E-state index contributed by atoms with van der Waals surface area (Å²) in [5.41, 5.74) is 0. The van der Waals surface area contributed by atoms with Gasteiger partial charge in [-0.15, -0.1) is 0 Å². The molecule has 1 N–H and O–H groups in total. The third-order valence-electron chi connectivity index (χ3n) is 2.22. The highest BCUT2D eigenvalue weighted by Crippen LogP contribution is 2.32. The van der Waals surface area contributed by atoms with Crippen molar-refractivity contribution in [3.8, 4) is 0 Å². The molecule has 0 unspecified atom stereocenters. The number of alkyl halides is 1. The molecule has 0 aromatic carbocycles. The first-order valence-corrected chi connectivity index (χ1v) is 4.18. The fraction of sp³-hybridized carbons (Fsp3) is 1.00. The van der Waals surface area contributed by atoms with Crippen LogP contribution < -0.4 is 5.32 Å². The standard InChI is InChI=1S/C6H10BrN/c7-5-3-4-1-2-6(5)8-4/h4-6,8H,1-3H2/t4-,5+,6+/m0/s1. The molecule has 0 amide bonds. The van der Waals surface area contributed by atoms with Crippen molar-refractivity contribution >= 4 is 15.9 Å². The Kier molecular flexibility index (Phi) is 1.12. The smallest absolute Gasteiger partial charge is 0.0314 e. The van der Waals surface area contributed by atoms with Crippen LogP contribution in [0.5, 0.6) is 0 Å². The highest BCUT2D eigenvalue weighted by atomic mass is 79.9. The molecule has 8 heavy (non-hydrogen) atoms. The monoisotopic (exact) mass is 175 g/mol. The fourth-order valence-electron chi connectivity index (χ4n) is 1.76. The minimum atomic E-state index is 0.779. The summed E-state index contributed by atoms with van der Waals surface area (Å²) in [6.45, 7) is 0. The van der Waals surface area contributed by atoms with Crippen molar-refractivity contribution in [2.75, 3.05) is 0 Å². The van der Waals surface area contributed by atoms with Crippen LogP contribution in [-0.4, -0.2) is 16.9 Å². The van der Waals surface area contributed by atoms with E-state index in [0.29, 0.717) is 0 Å². The zero-order valence-corrected chi connectivity index (χ0v) is 6.32. The Morgan fingerprint density at radius 1 is 1.38 bits per heavy atom.